The molecule has 0 amide bonds. The number of aromatic amines is 1. The Balaban J connectivity index is 1.80. The molecule has 1 heterocycles. The number of rotatable bonds is 13. The van der Waals surface area contributed by atoms with E-state index < -0.39 is 6.10 Å². The van der Waals surface area contributed by atoms with E-state index in [-0.39, 0.29) is 6.61 Å². The highest BCUT2D eigenvalue weighted by molar-refractivity contribution is 5.43. The number of nitrogens with zero attached hydrogens (tertiary/aromatic N) is 2. The van der Waals surface area contributed by atoms with Crippen molar-refractivity contribution in [1.29, 1.82) is 0 Å². The van der Waals surface area contributed by atoms with Crippen LogP contribution in [-0.4, -0.2) is 66.0 Å². The highest BCUT2D eigenvalue weighted by Crippen LogP contribution is 2.28. The molecule has 0 bridgehead atoms. The van der Waals surface area contributed by atoms with Gasteiger partial charge in [-0.1, -0.05) is 19.9 Å². The van der Waals surface area contributed by atoms with Crippen LogP contribution in [0.5, 0.6) is 11.5 Å². The third-order valence-electron chi connectivity index (χ3n) is 4.48. The summed E-state index contributed by atoms with van der Waals surface area (Å²) in [5.41, 5.74) is 2.24. The highest BCUT2D eigenvalue weighted by atomic mass is 16.5. The van der Waals surface area contributed by atoms with Crippen LogP contribution in [0.1, 0.15) is 25.1 Å². The molecule has 1 atom stereocenters. The van der Waals surface area contributed by atoms with Crippen molar-refractivity contribution in [2.75, 3.05) is 39.9 Å². The number of ether oxygens (including phenoxy) is 2. The Morgan fingerprint density at radius 1 is 1.26 bits per heavy atom. The molecule has 27 heavy (non-hydrogen) atoms. The van der Waals surface area contributed by atoms with Crippen molar-refractivity contribution in [3.05, 3.63) is 42.0 Å². The first kappa shape index (κ1) is 21.2. The van der Waals surface area contributed by atoms with E-state index in [2.05, 4.69) is 34.0 Å². The topological polar surface area (TPSA) is 82.6 Å². The molecule has 150 valence electrons. The lowest BCUT2D eigenvalue weighted by Gasteiger charge is -2.22. The van der Waals surface area contributed by atoms with Crippen molar-refractivity contribution in [2.24, 2.45) is 0 Å². The molecule has 2 aromatic rings. The number of benzene rings is 1. The minimum absolute atomic E-state index is 0.245. The Labute approximate surface area is 161 Å². The van der Waals surface area contributed by atoms with Crippen molar-refractivity contribution in [2.45, 2.75) is 32.9 Å². The second-order valence-corrected chi connectivity index (χ2v) is 6.44. The van der Waals surface area contributed by atoms with E-state index in [4.69, 9.17) is 9.47 Å². The van der Waals surface area contributed by atoms with Gasteiger partial charge in [0.25, 0.3) is 0 Å². The van der Waals surface area contributed by atoms with Crippen LogP contribution in [0.2, 0.25) is 0 Å². The van der Waals surface area contributed by atoms with Crippen molar-refractivity contribution in [3.63, 3.8) is 0 Å². The second-order valence-electron chi connectivity index (χ2n) is 6.44. The van der Waals surface area contributed by atoms with Crippen LogP contribution in [0.25, 0.3) is 0 Å². The molecule has 1 unspecified atom stereocenters. The SMILES string of the molecule is CCN(CC)CC(O)COc1ccc(CNCCc2cnc[nH]2)cc1OC. The van der Waals surface area contributed by atoms with E-state index in [1.807, 2.05) is 24.4 Å². The van der Waals surface area contributed by atoms with Crippen LogP contribution in [0.4, 0.5) is 0 Å². The van der Waals surface area contributed by atoms with Crippen LogP contribution in [0.15, 0.2) is 30.7 Å². The van der Waals surface area contributed by atoms with E-state index >= 15 is 0 Å². The first-order valence-corrected chi connectivity index (χ1v) is 9.54. The largest absolute Gasteiger partial charge is 0.493 e. The van der Waals surface area contributed by atoms with Gasteiger partial charge in [-0.3, -0.25) is 0 Å². The number of hydrogen-bond acceptors (Lipinski definition) is 6. The summed E-state index contributed by atoms with van der Waals surface area (Å²) in [6.45, 7) is 8.46. The Hall–Kier alpha value is -2.09. The predicted molar refractivity (Wildman–Crippen MR) is 106 cm³/mol. The number of H-pyrrole nitrogens is 1. The first-order chi connectivity index (χ1) is 13.2. The maximum Gasteiger partial charge on any atom is 0.161 e. The zero-order chi connectivity index (χ0) is 19.5. The molecule has 0 aliphatic heterocycles. The van der Waals surface area contributed by atoms with Crippen LogP contribution < -0.4 is 14.8 Å². The number of aromatic nitrogens is 2. The normalized spacial score (nSPS) is 12.3. The van der Waals surface area contributed by atoms with Crippen molar-refractivity contribution in [1.82, 2.24) is 20.2 Å². The number of imidazole rings is 1. The lowest BCUT2D eigenvalue weighted by molar-refractivity contribution is 0.0705. The van der Waals surface area contributed by atoms with Crippen LogP contribution >= 0.6 is 0 Å². The van der Waals surface area contributed by atoms with Gasteiger partial charge in [0.05, 0.1) is 13.4 Å². The maximum atomic E-state index is 10.2. The minimum atomic E-state index is -0.529. The van der Waals surface area contributed by atoms with Gasteiger partial charge < -0.3 is 29.8 Å². The van der Waals surface area contributed by atoms with Gasteiger partial charge in [0.2, 0.25) is 0 Å². The molecule has 7 nitrogen and oxygen atoms in total. The van der Waals surface area contributed by atoms with Crippen molar-refractivity contribution in [3.8, 4) is 11.5 Å². The van der Waals surface area contributed by atoms with Gasteiger partial charge in [-0.15, -0.1) is 0 Å². The quantitative estimate of drug-likeness (QED) is 0.463. The van der Waals surface area contributed by atoms with E-state index in [0.29, 0.717) is 18.0 Å². The molecule has 1 aromatic carbocycles. The van der Waals surface area contributed by atoms with E-state index in [1.165, 1.54) is 0 Å². The number of aliphatic hydroxyl groups is 1. The standard InChI is InChI=1S/C20H32N4O3/c1-4-24(5-2)13-18(25)14-27-19-7-6-16(10-20(19)26-3)11-21-9-8-17-12-22-15-23-17/h6-7,10,12,15,18,21,25H,4-5,8-9,11,13-14H2,1-3H3,(H,22,23). The molecule has 0 fully saturated rings. The Morgan fingerprint density at radius 3 is 2.74 bits per heavy atom. The molecule has 0 saturated heterocycles. The summed E-state index contributed by atoms with van der Waals surface area (Å²) in [5.74, 6) is 1.33. The molecule has 0 spiro atoms. The van der Waals surface area contributed by atoms with Gasteiger partial charge in [-0.05, 0) is 30.8 Å². The van der Waals surface area contributed by atoms with Gasteiger partial charge in [0.1, 0.15) is 12.7 Å². The number of likely N-dealkylation sites (N-methyl/N-ethyl adjacent to an activating group) is 1. The molecule has 2 rings (SSSR count). The van der Waals surface area contributed by atoms with Gasteiger partial charge >= 0.3 is 0 Å². The van der Waals surface area contributed by atoms with Crippen molar-refractivity contribution >= 4 is 0 Å². The molecule has 0 aliphatic carbocycles. The molecule has 0 aliphatic rings. The summed E-state index contributed by atoms with van der Waals surface area (Å²) < 4.78 is 11.2. The fraction of sp³-hybridized carbons (Fsp3) is 0.550. The average molecular weight is 377 g/mol. The maximum absolute atomic E-state index is 10.2. The smallest absolute Gasteiger partial charge is 0.161 e. The third-order valence-corrected chi connectivity index (χ3v) is 4.48. The third kappa shape index (κ3) is 7.21. The monoisotopic (exact) mass is 376 g/mol. The van der Waals surface area contributed by atoms with Gasteiger partial charge in [0, 0.05) is 37.9 Å². The van der Waals surface area contributed by atoms with Crippen molar-refractivity contribution < 1.29 is 14.6 Å². The van der Waals surface area contributed by atoms with Gasteiger partial charge in [0.15, 0.2) is 11.5 Å². The molecular weight excluding hydrogens is 344 g/mol. The van der Waals surface area contributed by atoms with E-state index in [0.717, 1.165) is 43.9 Å². The lowest BCUT2D eigenvalue weighted by atomic mass is 10.2. The molecule has 3 N–H and O–H groups in total. The summed E-state index contributed by atoms with van der Waals surface area (Å²) >= 11 is 0. The molecule has 0 saturated carbocycles. The summed E-state index contributed by atoms with van der Waals surface area (Å²) in [4.78, 5) is 9.27. The summed E-state index contributed by atoms with van der Waals surface area (Å²) in [7, 11) is 1.63. The number of hydrogen-bond donors (Lipinski definition) is 3. The highest BCUT2D eigenvalue weighted by Gasteiger charge is 2.12. The summed E-state index contributed by atoms with van der Waals surface area (Å²) in [6.07, 6.45) is 3.91. The number of aliphatic hydroxyl groups excluding tert-OH is 1. The molecular formula is C20H32N4O3. The fourth-order valence-corrected chi connectivity index (χ4v) is 2.84. The summed E-state index contributed by atoms with van der Waals surface area (Å²) in [5, 5.41) is 13.6. The summed E-state index contributed by atoms with van der Waals surface area (Å²) in [6, 6.07) is 5.88. The Kier molecular flexibility index (Phi) is 9.10. The predicted octanol–water partition coefficient (Wildman–Crippen LogP) is 1.83. The Bertz CT molecular complexity index is 645. The van der Waals surface area contributed by atoms with E-state index in [1.54, 1.807) is 13.4 Å². The lowest BCUT2D eigenvalue weighted by Crippen LogP contribution is -2.35. The number of methoxy groups -OCH3 is 1. The molecule has 0 radical (unpaired) electrons. The van der Waals surface area contributed by atoms with Gasteiger partial charge in [-0.25, -0.2) is 4.98 Å². The minimum Gasteiger partial charge on any atom is -0.493 e. The second kappa shape index (κ2) is 11.6. The molecule has 1 aromatic heterocycles. The van der Waals surface area contributed by atoms with Gasteiger partial charge in [-0.2, -0.15) is 0 Å². The zero-order valence-electron chi connectivity index (χ0n) is 16.6. The first-order valence-electron chi connectivity index (χ1n) is 9.54. The Morgan fingerprint density at radius 2 is 2.07 bits per heavy atom. The van der Waals surface area contributed by atoms with Crippen LogP contribution in [0, 0.1) is 0 Å². The van der Waals surface area contributed by atoms with Crippen LogP contribution in [-0.2, 0) is 13.0 Å². The van der Waals surface area contributed by atoms with Crippen LogP contribution in [0.3, 0.4) is 0 Å². The zero-order valence-corrected chi connectivity index (χ0v) is 16.6. The fourth-order valence-electron chi connectivity index (χ4n) is 2.84. The number of nitrogens with one attached hydrogen (secondary N) is 2. The average Bonchev–Trinajstić information content (AvgIpc) is 3.21. The molecule has 7 heteroatoms. The van der Waals surface area contributed by atoms with E-state index in [9.17, 15) is 5.11 Å².